The number of hydrogen-bond donors (Lipinski definition) is 1. The summed E-state index contributed by atoms with van der Waals surface area (Å²) in [5, 5.41) is 9.68. The smallest absolute Gasteiger partial charge is 0.306 e. The second-order valence-electron chi connectivity index (χ2n) is 7.56. The molecule has 3 nitrogen and oxygen atoms in total. The van der Waals surface area contributed by atoms with Gasteiger partial charge in [0.15, 0.2) is 5.78 Å². The van der Waals surface area contributed by atoms with Gasteiger partial charge in [0.1, 0.15) is 5.82 Å². The Hall–Kier alpha value is -2.49. The van der Waals surface area contributed by atoms with E-state index in [-0.39, 0.29) is 17.5 Å². The van der Waals surface area contributed by atoms with E-state index in [9.17, 15) is 19.1 Å². The zero-order valence-corrected chi connectivity index (χ0v) is 15.3. The average molecular weight is 368 g/mol. The van der Waals surface area contributed by atoms with Crippen LogP contribution in [0.4, 0.5) is 4.39 Å². The minimum absolute atomic E-state index is 0.0669. The normalized spacial score (nSPS) is 23.2. The summed E-state index contributed by atoms with van der Waals surface area (Å²) in [5.41, 5.74) is 1.69. The maximum atomic E-state index is 13.1. The molecule has 0 heterocycles. The molecule has 1 fully saturated rings. The fraction of sp³-hybridized carbons (Fsp3) is 0.391. The van der Waals surface area contributed by atoms with E-state index in [2.05, 4.69) is 12.1 Å². The first-order chi connectivity index (χ1) is 13.0. The lowest BCUT2D eigenvalue weighted by molar-refractivity contribution is -0.143. The Kier molecular flexibility index (Phi) is 6.38. The number of Topliss-reactive ketones (excluding diaryl/α,β-unsaturated/α-hetero) is 1. The van der Waals surface area contributed by atoms with Crippen molar-refractivity contribution in [3.05, 3.63) is 71.5 Å². The van der Waals surface area contributed by atoms with Crippen molar-refractivity contribution in [1.82, 2.24) is 0 Å². The number of hydrogen-bond acceptors (Lipinski definition) is 2. The lowest BCUT2D eigenvalue weighted by Gasteiger charge is -2.28. The maximum absolute atomic E-state index is 13.1. The molecule has 3 rings (SSSR count). The van der Waals surface area contributed by atoms with Crippen LogP contribution in [0.2, 0.25) is 0 Å². The van der Waals surface area contributed by atoms with Gasteiger partial charge in [-0.25, -0.2) is 4.39 Å². The van der Waals surface area contributed by atoms with Crippen molar-refractivity contribution in [2.24, 2.45) is 17.8 Å². The number of carbonyl (C=O) groups excluding carboxylic acids is 1. The number of benzene rings is 2. The molecule has 2 aromatic carbocycles. The van der Waals surface area contributed by atoms with Gasteiger partial charge in [-0.3, -0.25) is 9.59 Å². The second kappa shape index (κ2) is 8.94. The number of halogens is 1. The van der Waals surface area contributed by atoms with Crippen LogP contribution < -0.4 is 0 Å². The van der Waals surface area contributed by atoms with Crippen LogP contribution >= 0.6 is 0 Å². The number of carbonyl (C=O) groups is 2. The number of ketones is 1. The minimum atomic E-state index is -0.827. The van der Waals surface area contributed by atoms with E-state index in [1.807, 2.05) is 18.2 Å². The lowest BCUT2D eigenvalue weighted by Crippen LogP contribution is -2.28. The fourth-order valence-electron chi connectivity index (χ4n) is 4.15. The summed E-state index contributed by atoms with van der Waals surface area (Å²) in [6, 6.07) is 15.7. The van der Waals surface area contributed by atoms with Crippen LogP contribution in [-0.2, 0) is 11.2 Å². The highest BCUT2D eigenvalue weighted by Gasteiger charge is 2.32. The quantitative estimate of drug-likeness (QED) is 0.743. The van der Waals surface area contributed by atoms with Gasteiger partial charge in [0.05, 0.1) is 5.92 Å². The van der Waals surface area contributed by atoms with Crippen molar-refractivity contribution >= 4 is 11.8 Å². The third-order valence-electron chi connectivity index (χ3n) is 5.57. The zero-order valence-electron chi connectivity index (χ0n) is 15.3. The summed E-state index contributed by atoms with van der Waals surface area (Å²) in [6.45, 7) is 0. The Labute approximate surface area is 159 Å². The van der Waals surface area contributed by atoms with E-state index < -0.39 is 11.9 Å². The maximum Gasteiger partial charge on any atom is 0.306 e. The molecule has 0 aliphatic heterocycles. The first-order valence-corrected chi connectivity index (χ1v) is 9.59. The molecule has 1 aliphatic carbocycles. The van der Waals surface area contributed by atoms with E-state index in [1.165, 1.54) is 29.8 Å². The molecule has 27 heavy (non-hydrogen) atoms. The number of rotatable bonds is 5. The summed E-state index contributed by atoms with van der Waals surface area (Å²) in [4.78, 5) is 24.6. The second-order valence-corrected chi connectivity index (χ2v) is 7.56. The third-order valence-corrected chi connectivity index (χ3v) is 5.57. The van der Waals surface area contributed by atoms with Crippen molar-refractivity contribution in [2.45, 2.75) is 38.5 Å². The third kappa shape index (κ3) is 5.25. The molecule has 142 valence electrons. The Morgan fingerprint density at radius 3 is 2.30 bits per heavy atom. The predicted octanol–water partition coefficient (Wildman–Crippen LogP) is 5.15. The van der Waals surface area contributed by atoms with E-state index in [4.69, 9.17) is 0 Å². The molecule has 1 unspecified atom stereocenters. The summed E-state index contributed by atoms with van der Waals surface area (Å²) in [5.74, 6) is -1.79. The van der Waals surface area contributed by atoms with Crippen molar-refractivity contribution in [3.63, 3.8) is 0 Å². The largest absolute Gasteiger partial charge is 0.481 e. The van der Waals surface area contributed by atoms with Gasteiger partial charge < -0.3 is 5.11 Å². The summed E-state index contributed by atoms with van der Waals surface area (Å²) >= 11 is 0. The number of carboxylic acid groups (broad SMARTS) is 1. The van der Waals surface area contributed by atoms with Crippen LogP contribution in [0.15, 0.2) is 54.6 Å². The molecule has 4 heteroatoms. The molecule has 0 radical (unpaired) electrons. The molecule has 0 saturated heterocycles. The molecule has 2 aromatic rings. The van der Waals surface area contributed by atoms with Crippen LogP contribution in [0, 0.1) is 23.6 Å². The highest BCUT2D eigenvalue weighted by molar-refractivity contribution is 5.98. The van der Waals surface area contributed by atoms with Gasteiger partial charge in [0, 0.05) is 11.5 Å². The minimum Gasteiger partial charge on any atom is -0.481 e. The van der Waals surface area contributed by atoms with E-state index in [1.54, 1.807) is 0 Å². The Morgan fingerprint density at radius 2 is 1.63 bits per heavy atom. The average Bonchev–Trinajstić information content (AvgIpc) is 2.64. The highest BCUT2D eigenvalue weighted by Crippen LogP contribution is 2.34. The molecule has 0 aromatic heterocycles. The van der Waals surface area contributed by atoms with Crippen LogP contribution in [0.1, 0.15) is 48.0 Å². The van der Waals surface area contributed by atoms with Crippen molar-refractivity contribution in [2.75, 3.05) is 0 Å². The fourth-order valence-corrected chi connectivity index (χ4v) is 4.15. The van der Waals surface area contributed by atoms with Gasteiger partial charge in [-0.1, -0.05) is 43.2 Å². The first-order valence-electron chi connectivity index (χ1n) is 9.59. The molecule has 1 aliphatic rings. The van der Waals surface area contributed by atoms with Crippen molar-refractivity contribution in [3.8, 4) is 0 Å². The number of carboxylic acids is 1. The van der Waals surface area contributed by atoms with Gasteiger partial charge in [0.25, 0.3) is 0 Å². The molecular weight excluding hydrogens is 343 g/mol. The van der Waals surface area contributed by atoms with Crippen LogP contribution in [0.3, 0.4) is 0 Å². The molecule has 3 atom stereocenters. The zero-order chi connectivity index (χ0) is 19.2. The monoisotopic (exact) mass is 368 g/mol. The summed E-state index contributed by atoms with van der Waals surface area (Å²) in [6.07, 6.45) is 4.34. The highest BCUT2D eigenvalue weighted by atomic mass is 19.1. The van der Waals surface area contributed by atoms with Crippen LogP contribution in [-0.4, -0.2) is 16.9 Å². The van der Waals surface area contributed by atoms with E-state index in [0.717, 1.165) is 19.3 Å². The Morgan fingerprint density at radius 1 is 0.926 bits per heavy atom. The van der Waals surface area contributed by atoms with Crippen LogP contribution in [0.5, 0.6) is 0 Å². The first kappa shape index (κ1) is 19.3. The molecular formula is C23H25FO3. The topological polar surface area (TPSA) is 54.4 Å². The predicted molar refractivity (Wildman–Crippen MR) is 102 cm³/mol. The van der Waals surface area contributed by atoms with Gasteiger partial charge in [0.2, 0.25) is 0 Å². The molecule has 1 saturated carbocycles. The Bertz CT molecular complexity index is 770. The molecule has 0 amide bonds. The SMILES string of the molecule is O=C(c1ccc(F)cc1)C1CCC[C@@H](Cc2ccccc2)C[C@@H](C(=O)O)C1. The standard InChI is InChI=1S/C23H25FO3/c24-21-11-9-18(10-12-21)22(25)19-8-4-7-17(14-20(15-19)23(26)27)13-16-5-2-1-3-6-16/h1-3,5-6,9-12,17,19-20H,4,7-8,13-15H2,(H,26,27)/t17-,19?,20+/m0/s1. The van der Waals surface area contributed by atoms with Gasteiger partial charge in [-0.15, -0.1) is 0 Å². The molecule has 0 bridgehead atoms. The van der Waals surface area contributed by atoms with Crippen molar-refractivity contribution in [1.29, 1.82) is 0 Å². The Balaban J connectivity index is 1.70. The lowest BCUT2D eigenvalue weighted by atomic mass is 9.75. The summed E-state index contributed by atoms with van der Waals surface area (Å²) < 4.78 is 13.1. The van der Waals surface area contributed by atoms with Crippen LogP contribution in [0.25, 0.3) is 0 Å². The molecule has 1 N–H and O–H groups in total. The summed E-state index contributed by atoms with van der Waals surface area (Å²) in [7, 11) is 0. The van der Waals surface area contributed by atoms with Crippen molar-refractivity contribution < 1.29 is 19.1 Å². The number of aliphatic carboxylic acids is 1. The molecule has 0 spiro atoms. The van der Waals surface area contributed by atoms with Gasteiger partial charge in [-0.05, 0) is 61.4 Å². The van der Waals surface area contributed by atoms with E-state index in [0.29, 0.717) is 30.7 Å². The van der Waals surface area contributed by atoms with Gasteiger partial charge >= 0.3 is 5.97 Å². The van der Waals surface area contributed by atoms with Gasteiger partial charge in [-0.2, -0.15) is 0 Å². The van der Waals surface area contributed by atoms with E-state index >= 15 is 0 Å².